The number of aldehydes is 1. The number of carbonyl (C=O) groups excluding carboxylic acids is 1. The average Bonchev–Trinajstić information content (AvgIpc) is 2.12. The number of nitrogen functional groups attached to an aromatic ring is 1. The quantitative estimate of drug-likeness (QED) is 0.465. The van der Waals surface area contributed by atoms with E-state index in [-0.39, 0.29) is 0 Å². The van der Waals surface area contributed by atoms with Crippen LogP contribution in [0.3, 0.4) is 0 Å². The molecule has 2 N–H and O–H groups in total. The van der Waals surface area contributed by atoms with E-state index in [1.807, 2.05) is 0 Å². The second kappa shape index (κ2) is 2.11. The summed E-state index contributed by atoms with van der Waals surface area (Å²) in [6.45, 7) is 0. The van der Waals surface area contributed by atoms with Crippen LogP contribution >= 0.6 is 11.6 Å². The molecule has 0 aromatic carbocycles. The molecule has 1 rings (SSSR count). The van der Waals surface area contributed by atoms with Gasteiger partial charge in [0.05, 0.1) is 5.02 Å². The molecule has 0 unspecified atom stereocenters. The summed E-state index contributed by atoms with van der Waals surface area (Å²) >= 11 is 5.51. The molecule has 4 heteroatoms. The molecule has 0 aliphatic rings. The van der Waals surface area contributed by atoms with Gasteiger partial charge in [-0.1, -0.05) is 11.6 Å². The molecule has 0 saturated carbocycles. The lowest BCUT2D eigenvalue weighted by Crippen LogP contribution is -2.09. The van der Waals surface area contributed by atoms with Gasteiger partial charge in [0, 0.05) is 6.20 Å². The van der Waals surface area contributed by atoms with Gasteiger partial charge in [0.25, 0.3) is 0 Å². The van der Waals surface area contributed by atoms with E-state index in [9.17, 15) is 4.79 Å². The van der Waals surface area contributed by atoms with Crippen molar-refractivity contribution in [3.05, 3.63) is 23.0 Å². The number of hydrogen-bond donors (Lipinski definition) is 1. The zero-order valence-electron chi connectivity index (χ0n) is 4.54. The SMILES string of the molecule is Nn1ccc(Cl)c1C=O. The van der Waals surface area contributed by atoms with Crippen LogP contribution in [0, 0.1) is 0 Å². The molecule has 1 aromatic heterocycles. The van der Waals surface area contributed by atoms with Crippen molar-refractivity contribution >= 4 is 17.9 Å². The first kappa shape index (κ1) is 6.16. The molecule has 1 aromatic rings. The first-order valence-corrected chi connectivity index (χ1v) is 2.70. The third kappa shape index (κ3) is 0.907. The predicted octanol–water partition coefficient (Wildman–Crippen LogP) is 0.668. The van der Waals surface area contributed by atoms with Crippen LogP contribution in [0.4, 0.5) is 0 Å². The largest absolute Gasteiger partial charge is 0.339 e. The molecule has 0 spiro atoms. The Kier molecular flexibility index (Phi) is 1.44. The molecule has 0 amide bonds. The Balaban J connectivity index is 3.22. The minimum absolute atomic E-state index is 0.302. The molecule has 48 valence electrons. The molecule has 1 heterocycles. The fourth-order valence-electron chi connectivity index (χ4n) is 0.552. The summed E-state index contributed by atoms with van der Waals surface area (Å²) in [6, 6.07) is 1.56. The van der Waals surface area contributed by atoms with Crippen LogP contribution in [0.5, 0.6) is 0 Å². The Morgan fingerprint density at radius 2 is 2.44 bits per heavy atom. The Morgan fingerprint density at radius 3 is 2.67 bits per heavy atom. The van der Waals surface area contributed by atoms with E-state index in [1.165, 1.54) is 10.9 Å². The molecule has 0 aliphatic carbocycles. The number of carbonyl (C=O) groups is 1. The lowest BCUT2D eigenvalue weighted by molar-refractivity contribution is 0.111. The maximum atomic E-state index is 10.1. The van der Waals surface area contributed by atoms with Crippen LogP contribution in [-0.2, 0) is 0 Å². The number of rotatable bonds is 1. The topological polar surface area (TPSA) is 48.0 Å². The van der Waals surface area contributed by atoms with E-state index in [2.05, 4.69) is 0 Å². The average molecular weight is 145 g/mol. The van der Waals surface area contributed by atoms with Gasteiger partial charge in [-0.2, -0.15) is 0 Å². The van der Waals surface area contributed by atoms with Crippen LogP contribution in [-0.4, -0.2) is 11.0 Å². The lowest BCUT2D eigenvalue weighted by Gasteiger charge is -1.91. The van der Waals surface area contributed by atoms with Gasteiger partial charge in [0.1, 0.15) is 5.69 Å². The summed E-state index contributed by atoms with van der Waals surface area (Å²) in [4.78, 5) is 10.1. The molecule has 0 bridgehead atoms. The Labute approximate surface area is 57.0 Å². The highest BCUT2D eigenvalue weighted by molar-refractivity contribution is 6.32. The first-order chi connectivity index (χ1) is 4.25. The predicted molar refractivity (Wildman–Crippen MR) is 35.0 cm³/mol. The molecule has 0 radical (unpaired) electrons. The second-order valence-electron chi connectivity index (χ2n) is 1.57. The maximum Gasteiger partial charge on any atom is 0.169 e. The Hall–Kier alpha value is -0.960. The van der Waals surface area contributed by atoms with Crippen molar-refractivity contribution in [1.82, 2.24) is 4.68 Å². The van der Waals surface area contributed by atoms with Gasteiger partial charge in [-0.3, -0.25) is 9.47 Å². The van der Waals surface area contributed by atoms with E-state index < -0.39 is 0 Å². The standard InChI is InChI=1S/C5H5ClN2O/c6-4-1-2-8(7)5(4)3-9/h1-3H,7H2. The number of aromatic nitrogens is 1. The van der Waals surface area contributed by atoms with Crippen molar-refractivity contribution < 1.29 is 4.79 Å². The fourth-order valence-corrected chi connectivity index (χ4v) is 0.750. The summed E-state index contributed by atoms with van der Waals surface area (Å²) in [5, 5.41) is 0.382. The third-order valence-electron chi connectivity index (χ3n) is 1.02. The smallest absolute Gasteiger partial charge is 0.169 e. The van der Waals surface area contributed by atoms with Gasteiger partial charge in [0.2, 0.25) is 0 Å². The lowest BCUT2D eigenvalue weighted by atomic mass is 10.5. The first-order valence-electron chi connectivity index (χ1n) is 2.33. The normalized spacial score (nSPS) is 9.44. The van der Waals surface area contributed by atoms with E-state index >= 15 is 0 Å². The van der Waals surface area contributed by atoms with Crippen molar-refractivity contribution in [1.29, 1.82) is 0 Å². The summed E-state index contributed by atoms with van der Waals surface area (Å²) in [5.74, 6) is 5.25. The highest BCUT2D eigenvalue weighted by Crippen LogP contribution is 2.11. The molecule has 0 fully saturated rings. The zero-order chi connectivity index (χ0) is 6.85. The number of hydrogen-bond acceptors (Lipinski definition) is 2. The van der Waals surface area contributed by atoms with Crippen LogP contribution in [0.25, 0.3) is 0 Å². The summed E-state index contributed by atoms with van der Waals surface area (Å²) in [5.41, 5.74) is 0.302. The molecule has 0 aliphatic heterocycles. The van der Waals surface area contributed by atoms with Crippen molar-refractivity contribution in [2.45, 2.75) is 0 Å². The van der Waals surface area contributed by atoms with E-state index in [4.69, 9.17) is 17.4 Å². The van der Waals surface area contributed by atoms with Gasteiger partial charge in [-0.15, -0.1) is 0 Å². The van der Waals surface area contributed by atoms with Crippen LogP contribution in [0.15, 0.2) is 12.3 Å². The van der Waals surface area contributed by atoms with E-state index in [0.29, 0.717) is 17.0 Å². The maximum absolute atomic E-state index is 10.1. The molecular formula is C5H5ClN2O. The van der Waals surface area contributed by atoms with Gasteiger partial charge in [-0.25, -0.2) is 0 Å². The van der Waals surface area contributed by atoms with Gasteiger partial charge in [0.15, 0.2) is 6.29 Å². The third-order valence-corrected chi connectivity index (χ3v) is 1.34. The van der Waals surface area contributed by atoms with Crippen LogP contribution in [0.2, 0.25) is 5.02 Å². The minimum atomic E-state index is 0.302. The number of nitrogens with zero attached hydrogens (tertiary/aromatic N) is 1. The Bertz CT molecular complexity index is 211. The summed E-state index contributed by atoms with van der Waals surface area (Å²) < 4.78 is 1.18. The van der Waals surface area contributed by atoms with Crippen molar-refractivity contribution in [2.24, 2.45) is 0 Å². The summed E-state index contributed by atoms with van der Waals surface area (Å²) in [6.07, 6.45) is 2.13. The molecule has 3 nitrogen and oxygen atoms in total. The van der Waals surface area contributed by atoms with Crippen molar-refractivity contribution in [3.8, 4) is 0 Å². The number of halogens is 1. The van der Waals surface area contributed by atoms with Crippen LogP contribution < -0.4 is 5.84 Å². The van der Waals surface area contributed by atoms with Gasteiger partial charge < -0.3 is 5.84 Å². The molecule has 0 atom stereocenters. The molecule has 9 heavy (non-hydrogen) atoms. The second-order valence-corrected chi connectivity index (χ2v) is 1.98. The van der Waals surface area contributed by atoms with Gasteiger partial charge in [-0.05, 0) is 6.07 Å². The van der Waals surface area contributed by atoms with E-state index in [1.54, 1.807) is 6.07 Å². The monoisotopic (exact) mass is 144 g/mol. The minimum Gasteiger partial charge on any atom is -0.339 e. The highest BCUT2D eigenvalue weighted by atomic mass is 35.5. The van der Waals surface area contributed by atoms with Crippen LogP contribution in [0.1, 0.15) is 10.5 Å². The fraction of sp³-hybridized carbons (Fsp3) is 0. The zero-order valence-corrected chi connectivity index (χ0v) is 5.30. The van der Waals surface area contributed by atoms with Crippen molar-refractivity contribution in [3.63, 3.8) is 0 Å². The summed E-state index contributed by atoms with van der Waals surface area (Å²) in [7, 11) is 0. The van der Waals surface area contributed by atoms with E-state index in [0.717, 1.165) is 0 Å². The van der Waals surface area contributed by atoms with Gasteiger partial charge >= 0.3 is 0 Å². The number of nitrogens with two attached hydrogens (primary N) is 1. The Morgan fingerprint density at radius 1 is 1.78 bits per heavy atom. The molecule has 0 saturated heterocycles. The molecular weight excluding hydrogens is 140 g/mol. The highest BCUT2D eigenvalue weighted by Gasteiger charge is 2.01. The van der Waals surface area contributed by atoms with Crippen molar-refractivity contribution in [2.75, 3.05) is 5.84 Å².